The molecule has 2 aliphatic rings. The fourth-order valence-corrected chi connectivity index (χ4v) is 4.96. The fraction of sp³-hybridized carbons (Fsp3) is 0.364. The lowest BCUT2D eigenvalue weighted by Gasteiger charge is -2.35. The van der Waals surface area contributed by atoms with Gasteiger partial charge in [-0.25, -0.2) is 9.78 Å². The molecule has 5 nitrogen and oxygen atoms in total. The zero-order valence-corrected chi connectivity index (χ0v) is 17.2. The molecule has 0 saturated carbocycles. The van der Waals surface area contributed by atoms with Gasteiger partial charge in [-0.1, -0.05) is 23.2 Å². The average Bonchev–Trinajstić information content (AvgIpc) is 3.34. The first-order valence-electron chi connectivity index (χ1n) is 9.89. The van der Waals surface area contributed by atoms with Crippen LogP contribution in [0.2, 0.25) is 10.0 Å². The van der Waals surface area contributed by atoms with Crippen LogP contribution in [-0.2, 0) is 4.74 Å². The molecule has 3 heterocycles. The number of esters is 1. The highest BCUT2D eigenvalue weighted by Gasteiger charge is 2.37. The Labute approximate surface area is 178 Å². The van der Waals surface area contributed by atoms with Crippen molar-refractivity contribution in [1.29, 1.82) is 0 Å². The van der Waals surface area contributed by atoms with Crippen molar-refractivity contribution in [1.82, 2.24) is 9.88 Å². The van der Waals surface area contributed by atoms with Crippen molar-refractivity contribution in [3.63, 3.8) is 0 Å². The maximum absolute atomic E-state index is 12.8. The second-order valence-electron chi connectivity index (χ2n) is 7.69. The molecule has 7 heteroatoms. The van der Waals surface area contributed by atoms with Gasteiger partial charge in [0.05, 0.1) is 5.56 Å². The van der Waals surface area contributed by atoms with E-state index in [1.807, 2.05) is 0 Å². The topological polar surface area (TPSA) is 55.6 Å². The molecular formula is C22H20Cl2N2O3. The highest BCUT2D eigenvalue weighted by molar-refractivity contribution is 6.35. The summed E-state index contributed by atoms with van der Waals surface area (Å²) in [5.41, 5.74) is 2.34. The number of carbonyl (C=O) groups is 1. The van der Waals surface area contributed by atoms with E-state index in [-0.39, 0.29) is 12.1 Å². The van der Waals surface area contributed by atoms with Crippen molar-refractivity contribution < 1.29 is 13.9 Å². The van der Waals surface area contributed by atoms with Crippen LogP contribution < -0.4 is 0 Å². The van der Waals surface area contributed by atoms with Crippen LogP contribution >= 0.6 is 23.2 Å². The number of benzene rings is 2. The highest BCUT2D eigenvalue weighted by Crippen LogP contribution is 2.31. The van der Waals surface area contributed by atoms with E-state index >= 15 is 0 Å². The summed E-state index contributed by atoms with van der Waals surface area (Å²) in [7, 11) is 0. The first-order chi connectivity index (χ1) is 14.1. The summed E-state index contributed by atoms with van der Waals surface area (Å²) < 4.78 is 11.8. The molecule has 1 aromatic heterocycles. The van der Waals surface area contributed by atoms with E-state index in [4.69, 9.17) is 32.4 Å². The third-order valence-electron chi connectivity index (χ3n) is 5.77. The minimum atomic E-state index is -0.311. The van der Waals surface area contributed by atoms with E-state index in [0.717, 1.165) is 32.4 Å². The van der Waals surface area contributed by atoms with Crippen LogP contribution in [0.1, 0.15) is 36.0 Å². The summed E-state index contributed by atoms with van der Waals surface area (Å²) in [6.07, 6.45) is 4.25. The molecule has 0 spiro atoms. The van der Waals surface area contributed by atoms with Gasteiger partial charge in [-0.05, 0) is 75.2 Å². The monoisotopic (exact) mass is 430 g/mol. The second-order valence-corrected chi connectivity index (χ2v) is 8.56. The predicted molar refractivity (Wildman–Crippen MR) is 112 cm³/mol. The molecule has 0 unspecified atom stereocenters. The Hall–Kier alpha value is -2.08. The molecular weight excluding hydrogens is 411 g/mol. The lowest BCUT2D eigenvalue weighted by Crippen LogP contribution is -2.45. The molecule has 5 rings (SSSR count). The van der Waals surface area contributed by atoms with Crippen LogP contribution in [0.25, 0.3) is 22.6 Å². The lowest BCUT2D eigenvalue weighted by molar-refractivity contribution is -0.0109. The van der Waals surface area contributed by atoms with Gasteiger partial charge in [-0.2, -0.15) is 0 Å². The molecule has 0 radical (unpaired) electrons. The third-order valence-corrected chi connectivity index (χ3v) is 6.21. The first kappa shape index (κ1) is 18.9. The third kappa shape index (κ3) is 3.75. The van der Waals surface area contributed by atoms with Gasteiger partial charge >= 0.3 is 5.97 Å². The van der Waals surface area contributed by atoms with Gasteiger partial charge < -0.3 is 9.15 Å². The van der Waals surface area contributed by atoms with Crippen LogP contribution in [0.3, 0.4) is 0 Å². The SMILES string of the molecule is O=C(O[C@H]1CCCN2CCC[C@@H]12)c1ccc2nc(-c3cc(Cl)cc(Cl)c3)oc2c1. The van der Waals surface area contributed by atoms with Crippen molar-refractivity contribution >= 4 is 40.3 Å². The number of ether oxygens (including phenoxy) is 1. The summed E-state index contributed by atoms with van der Waals surface area (Å²) in [5.74, 6) is 0.0956. The average molecular weight is 431 g/mol. The molecule has 2 fully saturated rings. The number of rotatable bonds is 3. The van der Waals surface area contributed by atoms with Crippen molar-refractivity contribution in [2.75, 3.05) is 13.1 Å². The number of halogens is 2. The van der Waals surface area contributed by atoms with Gasteiger partial charge in [0.1, 0.15) is 11.6 Å². The van der Waals surface area contributed by atoms with Crippen molar-refractivity contribution in [3.8, 4) is 11.5 Å². The molecule has 0 bridgehead atoms. The Morgan fingerprint density at radius 3 is 2.62 bits per heavy atom. The van der Waals surface area contributed by atoms with E-state index in [9.17, 15) is 4.79 Å². The standard InChI is InChI=1S/C22H20Cl2N2O3/c23-15-9-14(10-16(24)12-15)21-25-17-6-5-13(11-20(17)28-21)22(27)29-19-4-2-8-26-7-1-3-18(19)26/h5-6,9-12,18-19H,1-4,7-8H2/t18-,19-/m0/s1. The van der Waals surface area contributed by atoms with Crippen LogP contribution in [0.15, 0.2) is 40.8 Å². The van der Waals surface area contributed by atoms with Crippen LogP contribution in [0.5, 0.6) is 0 Å². The van der Waals surface area contributed by atoms with Crippen LogP contribution in [0, 0.1) is 0 Å². The number of aromatic nitrogens is 1. The summed E-state index contributed by atoms with van der Waals surface area (Å²) >= 11 is 12.2. The van der Waals surface area contributed by atoms with Crippen LogP contribution in [0.4, 0.5) is 0 Å². The fourth-order valence-electron chi connectivity index (χ4n) is 4.43. The Kier molecular flexibility index (Phi) is 4.98. The van der Waals surface area contributed by atoms with Crippen molar-refractivity contribution in [2.45, 2.75) is 37.8 Å². The van der Waals surface area contributed by atoms with Gasteiger partial charge in [0.25, 0.3) is 0 Å². The van der Waals surface area contributed by atoms with Gasteiger partial charge in [-0.15, -0.1) is 0 Å². The van der Waals surface area contributed by atoms with Gasteiger partial charge in [0.2, 0.25) is 5.89 Å². The Bertz CT molecular complexity index is 1060. The quantitative estimate of drug-likeness (QED) is 0.507. The Morgan fingerprint density at radius 2 is 1.83 bits per heavy atom. The normalized spacial score (nSPS) is 22.0. The molecule has 0 amide bonds. The van der Waals surface area contributed by atoms with Gasteiger partial charge in [-0.3, -0.25) is 4.90 Å². The maximum atomic E-state index is 12.8. The summed E-state index contributed by atoms with van der Waals surface area (Å²) in [6.45, 7) is 2.22. The van der Waals surface area contributed by atoms with Gasteiger partial charge in [0, 0.05) is 21.7 Å². The molecule has 2 aliphatic heterocycles. The Morgan fingerprint density at radius 1 is 1.07 bits per heavy atom. The zero-order valence-electron chi connectivity index (χ0n) is 15.7. The number of nitrogens with zero attached hydrogens (tertiary/aromatic N) is 2. The second kappa shape index (κ2) is 7.63. The number of oxazole rings is 1. The summed E-state index contributed by atoms with van der Waals surface area (Å²) in [4.78, 5) is 19.7. The van der Waals surface area contributed by atoms with Gasteiger partial charge in [0.15, 0.2) is 5.58 Å². The lowest BCUT2D eigenvalue weighted by atomic mass is 9.99. The predicted octanol–water partition coefficient (Wildman–Crippen LogP) is 5.59. The molecule has 2 aromatic carbocycles. The number of fused-ring (bicyclic) bond motifs is 2. The van der Waals surface area contributed by atoms with E-state index in [1.54, 1.807) is 36.4 Å². The molecule has 29 heavy (non-hydrogen) atoms. The molecule has 0 N–H and O–H groups in total. The minimum absolute atomic E-state index is 0.0339. The molecule has 3 aromatic rings. The van der Waals surface area contributed by atoms with E-state index in [1.165, 1.54) is 6.42 Å². The maximum Gasteiger partial charge on any atom is 0.338 e. The van der Waals surface area contributed by atoms with E-state index in [2.05, 4.69) is 9.88 Å². The van der Waals surface area contributed by atoms with E-state index in [0.29, 0.717) is 44.2 Å². The Balaban J connectivity index is 1.39. The smallest absolute Gasteiger partial charge is 0.338 e. The molecule has 2 atom stereocenters. The number of hydrogen-bond donors (Lipinski definition) is 0. The highest BCUT2D eigenvalue weighted by atomic mass is 35.5. The summed E-state index contributed by atoms with van der Waals surface area (Å²) in [5, 5.41) is 1.01. The van der Waals surface area contributed by atoms with Crippen LogP contribution in [-0.4, -0.2) is 41.1 Å². The number of hydrogen-bond acceptors (Lipinski definition) is 5. The number of piperidine rings is 1. The minimum Gasteiger partial charge on any atom is -0.457 e. The first-order valence-corrected chi connectivity index (χ1v) is 10.6. The van der Waals surface area contributed by atoms with E-state index < -0.39 is 0 Å². The zero-order chi connectivity index (χ0) is 20.0. The molecule has 2 saturated heterocycles. The molecule has 0 aliphatic carbocycles. The van der Waals surface area contributed by atoms with Crippen molar-refractivity contribution in [3.05, 3.63) is 52.0 Å². The van der Waals surface area contributed by atoms with Crippen molar-refractivity contribution in [2.24, 2.45) is 0 Å². The summed E-state index contributed by atoms with van der Waals surface area (Å²) in [6, 6.07) is 10.7. The largest absolute Gasteiger partial charge is 0.457 e. The number of carbonyl (C=O) groups excluding carboxylic acids is 1. The molecule has 150 valence electrons.